The Morgan fingerprint density at radius 2 is 1.95 bits per heavy atom. The highest BCUT2D eigenvalue weighted by Gasteiger charge is 2.17. The highest BCUT2D eigenvalue weighted by Crippen LogP contribution is 2.27. The van der Waals surface area contributed by atoms with Crippen molar-refractivity contribution in [1.82, 2.24) is 0 Å². The summed E-state index contributed by atoms with van der Waals surface area (Å²) >= 11 is 7.98. The Morgan fingerprint density at radius 3 is 2.58 bits per heavy atom. The molecule has 0 radical (unpaired) electrons. The molecule has 0 amide bonds. The maximum Gasteiger partial charge on any atom is 0.198 e. The number of nitrogen functional groups attached to an aromatic ring is 1. The lowest BCUT2D eigenvalue weighted by molar-refractivity contribution is 0.103. The largest absolute Gasteiger partial charge is 0.496 e. The van der Waals surface area contributed by atoms with Crippen LogP contribution in [-0.2, 0) is 0 Å². The zero-order chi connectivity index (χ0) is 14.0. The number of halogens is 2. The van der Waals surface area contributed by atoms with Crippen molar-refractivity contribution in [3.05, 3.63) is 56.1 Å². The third-order valence-corrected chi connectivity index (χ3v) is 3.57. The molecule has 0 fully saturated rings. The summed E-state index contributed by atoms with van der Waals surface area (Å²) in [5, 5.41) is 0.503. The zero-order valence-corrected chi connectivity index (χ0v) is 13.0. The number of carbonyl (C=O) groups is 1. The number of rotatable bonds is 3. The van der Waals surface area contributed by atoms with E-state index in [2.05, 4.69) is 22.6 Å². The van der Waals surface area contributed by atoms with E-state index in [0.29, 0.717) is 27.6 Å². The molecule has 0 unspecified atom stereocenters. The molecular weight excluding hydrogens is 377 g/mol. The van der Waals surface area contributed by atoms with Crippen molar-refractivity contribution in [2.24, 2.45) is 0 Å². The smallest absolute Gasteiger partial charge is 0.198 e. The number of hydrogen-bond acceptors (Lipinski definition) is 3. The second-order valence-electron chi connectivity index (χ2n) is 3.91. The van der Waals surface area contributed by atoms with E-state index >= 15 is 0 Å². The van der Waals surface area contributed by atoms with Crippen LogP contribution < -0.4 is 10.5 Å². The Morgan fingerprint density at radius 1 is 1.21 bits per heavy atom. The van der Waals surface area contributed by atoms with Crippen LogP contribution in [0.5, 0.6) is 5.75 Å². The molecule has 0 spiro atoms. The van der Waals surface area contributed by atoms with Gasteiger partial charge in [-0.25, -0.2) is 0 Å². The molecule has 0 aliphatic rings. The predicted octanol–water partition coefficient (Wildman–Crippen LogP) is 3.77. The number of methoxy groups -OCH3 is 1. The Hall–Kier alpha value is -1.27. The first-order chi connectivity index (χ1) is 9.02. The molecule has 2 aromatic rings. The Balaban J connectivity index is 2.52. The standard InChI is InChI=1S/C14H11ClINO2/c1-19-13-5-3-9(16)7-11(13)14(18)10-4-2-8(15)6-12(10)17/h2-7H,17H2,1H3. The molecule has 0 heterocycles. The third-order valence-electron chi connectivity index (χ3n) is 2.66. The lowest BCUT2D eigenvalue weighted by Gasteiger charge is -2.10. The van der Waals surface area contributed by atoms with E-state index in [1.54, 1.807) is 30.3 Å². The first kappa shape index (κ1) is 14.1. The van der Waals surface area contributed by atoms with E-state index in [1.165, 1.54) is 7.11 Å². The fourth-order valence-electron chi connectivity index (χ4n) is 1.74. The van der Waals surface area contributed by atoms with Gasteiger partial charge in [0.15, 0.2) is 5.78 Å². The van der Waals surface area contributed by atoms with Crippen LogP contribution in [0.2, 0.25) is 5.02 Å². The second kappa shape index (κ2) is 5.79. The molecule has 5 heteroatoms. The first-order valence-electron chi connectivity index (χ1n) is 5.46. The maximum absolute atomic E-state index is 12.5. The highest BCUT2D eigenvalue weighted by molar-refractivity contribution is 14.1. The van der Waals surface area contributed by atoms with Crippen molar-refractivity contribution in [3.8, 4) is 5.75 Å². The molecule has 0 aromatic heterocycles. The molecule has 0 saturated heterocycles. The van der Waals surface area contributed by atoms with Crippen molar-refractivity contribution in [3.63, 3.8) is 0 Å². The Labute approximate surface area is 129 Å². The van der Waals surface area contributed by atoms with Crippen molar-refractivity contribution in [2.45, 2.75) is 0 Å². The number of nitrogens with two attached hydrogens (primary N) is 1. The van der Waals surface area contributed by atoms with Gasteiger partial charge in [0.2, 0.25) is 0 Å². The third kappa shape index (κ3) is 3.01. The summed E-state index contributed by atoms with van der Waals surface area (Å²) in [4.78, 5) is 12.5. The fourth-order valence-corrected chi connectivity index (χ4v) is 2.41. The predicted molar refractivity (Wildman–Crippen MR) is 85.0 cm³/mol. The monoisotopic (exact) mass is 387 g/mol. The Kier molecular flexibility index (Phi) is 4.31. The van der Waals surface area contributed by atoms with E-state index in [0.717, 1.165) is 3.57 Å². The molecule has 2 N–H and O–H groups in total. The number of carbonyl (C=O) groups excluding carboxylic acids is 1. The van der Waals surface area contributed by atoms with E-state index in [4.69, 9.17) is 22.1 Å². The van der Waals surface area contributed by atoms with Crippen molar-refractivity contribution >= 4 is 45.7 Å². The van der Waals surface area contributed by atoms with Crippen molar-refractivity contribution in [1.29, 1.82) is 0 Å². The topological polar surface area (TPSA) is 52.3 Å². The van der Waals surface area contributed by atoms with Gasteiger partial charge < -0.3 is 10.5 Å². The molecule has 2 aromatic carbocycles. The van der Waals surface area contributed by atoms with Crippen LogP contribution in [0.3, 0.4) is 0 Å². The van der Waals surface area contributed by atoms with Gasteiger partial charge in [-0.3, -0.25) is 4.79 Å². The molecule has 2 rings (SSSR count). The molecule has 19 heavy (non-hydrogen) atoms. The van der Waals surface area contributed by atoms with Crippen LogP contribution in [0.25, 0.3) is 0 Å². The molecule has 98 valence electrons. The number of ether oxygens (including phenoxy) is 1. The summed E-state index contributed by atoms with van der Waals surface area (Å²) in [7, 11) is 1.53. The van der Waals surface area contributed by atoms with Gasteiger partial charge >= 0.3 is 0 Å². The lowest BCUT2D eigenvalue weighted by Crippen LogP contribution is -2.07. The number of anilines is 1. The van der Waals surface area contributed by atoms with Gasteiger partial charge in [-0.1, -0.05) is 11.6 Å². The van der Waals surface area contributed by atoms with Crippen molar-refractivity contribution < 1.29 is 9.53 Å². The molecule has 0 bridgehead atoms. The molecule has 3 nitrogen and oxygen atoms in total. The maximum atomic E-state index is 12.5. The van der Waals surface area contributed by atoms with E-state index in [9.17, 15) is 4.79 Å². The fraction of sp³-hybridized carbons (Fsp3) is 0.0714. The summed E-state index contributed by atoms with van der Waals surface area (Å²) < 4.78 is 6.17. The number of benzene rings is 2. The summed E-state index contributed by atoms with van der Waals surface area (Å²) in [6, 6.07) is 10.2. The van der Waals surface area contributed by atoms with E-state index < -0.39 is 0 Å². The van der Waals surface area contributed by atoms with Crippen LogP contribution in [0.1, 0.15) is 15.9 Å². The van der Waals surface area contributed by atoms with Crippen LogP contribution in [0.15, 0.2) is 36.4 Å². The molecular formula is C14H11ClINO2. The molecule has 0 saturated carbocycles. The average molecular weight is 388 g/mol. The SMILES string of the molecule is COc1ccc(I)cc1C(=O)c1ccc(Cl)cc1N. The molecule has 0 atom stereocenters. The van der Waals surface area contributed by atoms with Crippen LogP contribution in [-0.4, -0.2) is 12.9 Å². The van der Waals surface area contributed by atoms with E-state index in [-0.39, 0.29) is 5.78 Å². The summed E-state index contributed by atoms with van der Waals surface area (Å²) in [6.45, 7) is 0. The summed E-state index contributed by atoms with van der Waals surface area (Å²) in [6.07, 6.45) is 0. The minimum absolute atomic E-state index is 0.176. The molecule has 0 aliphatic carbocycles. The highest BCUT2D eigenvalue weighted by atomic mass is 127. The van der Waals surface area contributed by atoms with Gasteiger partial charge in [0.05, 0.1) is 12.7 Å². The van der Waals surface area contributed by atoms with E-state index in [1.807, 2.05) is 6.07 Å². The number of ketones is 1. The normalized spacial score (nSPS) is 10.3. The van der Waals surface area contributed by atoms with Crippen LogP contribution >= 0.6 is 34.2 Å². The van der Waals surface area contributed by atoms with Crippen LogP contribution in [0, 0.1) is 3.57 Å². The first-order valence-corrected chi connectivity index (χ1v) is 6.92. The summed E-state index contributed by atoms with van der Waals surface area (Å²) in [5.74, 6) is 0.351. The van der Waals surface area contributed by atoms with Crippen LogP contribution in [0.4, 0.5) is 5.69 Å². The van der Waals surface area contributed by atoms with Gasteiger partial charge in [-0.2, -0.15) is 0 Å². The minimum atomic E-state index is -0.176. The number of hydrogen-bond donors (Lipinski definition) is 1. The minimum Gasteiger partial charge on any atom is -0.496 e. The van der Waals surface area contributed by atoms with Gasteiger partial charge in [-0.15, -0.1) is 0 Å². The molecule has 0 aliphatic heterocycles. The zero-order valence-electron chi connectivity index (χ0n) is 10.1. The van der Waals surface area contributed by atoms with Crippen molar-refractivity contribution in [2.75, 3.05) is 12.8 Å². The second-order valence-corrected chi connectivity index (χ2v) is 5.59. The quantitative estimate of drug-likeness (QED) is 0.495. The lowest BCUT2D eigenvalue weighted by atomic mass is 10.0. The Bertz CT molecular complexity index is 643. The summed E-state index contributed by atoms with van der Waals surface area (Å²) in [5.41, 5.74) is 7.11. The average Bonchev–Trinajstić information content (AvgIpc) is 2.38. The van der Waals surface area contributed by atoms with Gasteiger partial charge in [-0.05, 0) is 59.0 Å². The van der Waals surface area contributed by atoms with Gasteiger partial charge in [0.1, 0.15) is 5.75 Å². The van der Waals surface area contributed by atoms with Gasteiger partial charge in [0, 0.05) is 19.8 Å². The van der Waals surface area contributed by atoms with Gasteiger partial charge in [0.25, 0.3) is 0 Å².